The molecule has 2 fully saturated rings. The number of sulfone groups is 1. The van der Waals surface area contributed by atoms with Crippen LogP contribution in [0.3, 0.4) is 0 Å². The number of nitrogens with zero attached hydrogens (tertiary/aromatic N) is 4. The van der Waals surface area contributed by atoms with E-state index >= 15 is 0 Å². The van der Waals surface area contributed by atoms with E-state index in [-0.39, 0.29) is 11.8 Å². The van der Waals surface area contributed by atoms with E-state index in [1.807, 2.05) is 17.9 Å². The van der Waals surface area contributed by atoms with E-state index < -0.39 is 9.84 Å². The molecule has 3 rings (SSSR count). The first-order valence-electron chi connectivity index (χ1n) is 7.55. The summed E-state index contributed by atoms with van der Waals surface area (Å²) in [4.78, 5) is 2.12. The van der Waals surface area contributed by atoms with Crippen LogP contribution in [-0.4, -0.2) is 65.5 Å². The molecule has 118 valence electrons. The van der Waals surface area contributed by atoms with Crippen LogP contribution in [0.4, 0.5) is 0 Å². The fraction of sp³-hybridized carbons (Fsp3) is 0.846. The lowest BCUT2D eigenvalue weighted by Crippen LogP contribution is -2.35. The van der Waals surface area contributed by atoms with Crippen LogP contribution in [0, 0.1) is 0 Å². The van der Waals surface area contributed by atoms with Gasteiger partial charge in [0.15, 0.2) is 9.84 Å². The first kappa shape index (κ1) is 14.9. The molecule has 1 saturated carbocycles. The molecule has 1 aliphatic heterocycles. The second kappa shape index (κ2) is 6.02. The zero-order chi connectivity index (χ0) is 14.9. The Labute approximate surface area is 125 Å². The van der Waals surface area contributed by atoms with Crippen LogP contribution in [0.15, 0.2) is 6.20 Å². The van der Waals surface area contributed by atoms with E-state index in [1.54, 1.807) is 0 Å². The highest BCUT2D eigenvalue weighted by molar-refractivity contribution is 7.91. The molecule has 1 unspecified atom stereocenters. The SMILES string of the molecule is CN(CCn1cc(CNC2CC2)nn1)C1CCS(=O)(=O)C1. The summed E-state index contributed by atoms with van der Waals surface area (Å²) in [7, 11) is -0.830. The zero-order valence-electron chi connectivity index (χ0n) is 12.4. The van der Waals surface area contributed by atoms with Crippen LogP contribution < -0.4 is 5.32 Å². The van der Waals surface area contributed by atoms with Crippen LogP contribution in [0.1, 0.15) is 25.0 Å². The normalized spacial score (nSPS) is 24.8. The van der Waals surface area contributed by atoms with Gasteiger partial charge in [0.05, 0.1) is 23.7 Å². The van der Waals surface area contributed by atoms with Crippen LogP contribution in [0.25, 0.3) is 0 Å². The van der Waals surface area contributed by atoms with Gasteiger partial charge >= 0.3 is 0 Å². The third kappa shape index (κ3) is 4.24. The Morgan fingerprint density at radius 2 is 2.24 bits per heavy atom. The molecule has 8 heteroatoms. The molecule has 2 heterocycles. The Balaban J connectivity index is 1.43. The molecule has 0 aromatic carbocycles. The lowest BCUT2D eigenvalue weighted by molar-refractivity contribution is 0.247. The van der Waals surface area contributed by atoms with Gasteiger partial charge in [-0.3, -0.25) is 4.68 Å². The Morgan fingerprint density at radius 1 is 1.43 bits per heavy atom. The van der Waals surface area contributed by atoms with Crippen molar-refractivity contribution in [1.29, 1.82) is 0 Å². The first-order valence-corrected chi connectivity index (χ1v) is 9.37. The van der Waals surface area contributed by atoms with Gasteiger partial charge in [-0.25, -0.2) is 8.42 Å². The van der Waals surface area contributed by atoms with Crippen molar-refractivity contribution in [2.24, 2.45) is 0 Å². The van der Waals surface area contributed by atoms with Gasteiger partial charge in [0, 0.05) is 31.4 Å². The van der Waals surface area contributed by atoms with E-state index in [9.17, 15) is 8.42 Å². The fourth-order valence-corrected chi connectivity index (χ4v) is 4.44. The average molecular weight is 313 g/mol. The second-order valence-electron chi connectivity index (χ2n) is 6.17. The van der Waals surface area contributed by atoms with Crippen molar-refractivity contribution in [3.8, 4) is 0 Å². The maximum absolute atomic E-state index is 11.5. The van der Waals surface area contributed by atoms with Gasteiger partial charge in [-0.05, 0) is 26.3 Å². The lowest BCUT2D eigenvalue weighted by atomic mass is 10.2. The Hall–Kier alpha value is -0.990. The summed E-state index contributed by atoms with van der Waals surface area (Å²) in [5, 5.41) is 11.7. The molecule has 1 atom stereocenters. The zero-order valence-corrected chi connectivity index (χ0v) is 13.2. The summed E-state index contributed by atoms with van der Waals surface area (Å²) in [6.07, 6.45) is 5.24. The number of likely N-dealkylation sites (N-methyl/N-ethyl adjacent to an activating group) is 1. The van der Waals surface area contributed by atoms with Crippen molar-refractivity contribution in [2.45, 2.75) is 44.4 Å². The van der Waals surface area contributed by atoms with Gasteiger partial charge in [0.2, 0.25) is 0 Å². The van der Waals surface area contributed by atoms with Crippen molar-refractivity contribution in [1.82, 2.24) is 25.2 Å². The third-order valence-corrected chi connectivity index (χ3v) is 6.00. The predicted octanol–water partition coefficient (Wildman–Crippen LogP) is -0.351. The largest absolute Gasteiger partial charge is 0.308 e. The standard InChI is InChI=1S/C13H23N5O2S/c1-17(13-4-7-21(19,20)10-13)5-6-18-9-12(15-16-18)8-14-11-2-3-11/h9,11,13-14H,2-8,10H2,1H3. The maximum Gasteiger partial charge on any atom is 0.151 e. The van der Waals surface area contributed by atoms with Crippen molar-refractivity contribution in [3.05, 3.63) is 11.9 Å². The van der Waals surface area contributed by atoms with Crippen LogP contribution in [0.5, 0.6) is 0 Å². The molecule has 1 aromatic heterocycles. The second-order valence-corrected chi connectivity index (χ2v) is 8.39. The monoisotopic (exact) mass is 313 g/mol. The van der Waals surface area contributed by atoms with Gasteiger partial charge in [-0.15, -0.1) is 5.10 Å². The van der Waals surface area contributed by atoms with Crippen molar-refractivity contribution in [3.63, 3.8) is 0 Å². The van der Waals surface area contributed by atoms with Gasteiger partial charge in [0.25, 0.3) is 0 Å². The van der Waals surface area contributed by atoms with Crippen molar-refractivity contribution < 1.29 is 8.42 Å². The number of rotatable bonds is 7. The highest BCUT2D eigenvalue weighted by Gasteiger charge is 2.30. The minimum absolute atomic E-state index is 0.148. The number of aromatic nitrogens is 3. The molecule has 0 radical (unpaired) electrons. The van der Waals surface area contributed by atoms with Crippen LogP contribution >= 0.6 is 0 Å². The van der Waals surface area contributed by atoms with Crippen molar-refractivity contribution in [2.75, 3.05) is 25.1 Å². The maximum atomic E-state index is 11.5. The molecule has 0 bridgehead atoms. The van der Waals surface area contributed by atoms with E-state index in [0.717, 1.165) is 31.7 Å². The minimum atomic E-state index is -2.81. The Bertz CT molecular complexity index is 581. The molecule has 1 saturated heterocycles. The summed E-state index contributed by atoms with van der Waals surface area (Å²) in [5.41, 5.74) is 0.966. The molecule has 1 N–H and O–H groups in total. The molecule has 0 amide bonds. The van der Waals surface area contributed by atoms with Gasteiger partial charge in [-0.1, -0.05) is 5.21 Å². The molecule has 1 aliphatic carbocycles. The molecule has 2 aliphatic rings. The number of hydrogen-bond acceptors (Lipinski definition) is 6. The number of nitrogens with one attached hydrogen (secondary N) is 1. The van der Waals surface area contributed by atoms with Gasteiger partial charge in [-0.2, -0.15) is 0 Å². The topological polar surface area (TPSA) is 80.1 Å². The quantitative estimate of drug-likeness (QED) is 0.741. The van der Waals surface area contributed by atoms with E-state index in [2.05, 4.69) is 20.5 Å². The highest BCUT2D eigenvalue weighted by atomic mass is 32.2. The van der Waals surface area contributed by atoms with Gasteiger partial charge in [0.1, 0.15) is 0 Å². The molecule has 0 spiro atoms. The third-order valence-electron chi connectivity index (χ3n) is 4.25. The average Bonchev–Trinajstić information content (AvgIpc) is 3.04. The summed E-state index contributed by atoms with van der Waals surface area (Å²) in [5.74, 6) is 0.611. The Morgan fingerprint density at radius 3 is 2.90 bits per heavy atom. The van der Waals surface area contributed by atoms with E-state index in [0.29, 0.717) is 11.8 Å². The molecule has 1 aromatic rings. The van der Waals surface area contributed by atoms with Gasteiger partial charge < -0.3 is 10.2 Å². The van der Waals surface area contributed by atoms with Crippen LogP contribution in [-0.2, 0) is 22.9 Å². The minimum Gasteiger partial charge on any atom is -0.308 e. The highest BCUT2D eigenvalue weighted by Crippen LogP contribution is 2.19. The van der Waals surface area contributed by atoms with Crippen LogP contribution in [0.2, 0.25) is 0 Å². The Kier molecular flexibility index (Phi) is 4.28. The summed E-state index contributed by atoms with van der Waals surface area (Å²) >= 11 is 0. The van der Waals surface area contributed by atoms with Crippen molar-refractivity contribution >= 4 is 9.84 Å². The summed E-state index contributed by atoms with van der Waals surface area (Å²) in [6, 6.07) is 0.820. The van der Waals surface area contributed by atoms with E-state index in [1.165, 1.54) is 12.8 Å². The predicted molar refractivity (Wildman–Crippen MR) is 79.6 cm³/mol. The molecule has 21 heavy (non-hydrogen) atoms. The smallest absolute Gasteiger partial charge is 0.151 e. The summed E-state index contributed by atoms with van der Waals surface area (Å²) in [6.45, 7) is 2.31. The first-order chi connectivity index (χ1) is 10.0. The summed E-state index contributed by atoms with van der Waals surface area (Å²) < 4.78 is 24.8. The van der Waals surface area contributed by atoms with E-state index in [4.69, 9.17) is 0 Å². The number of hydrogen-bond donors (Lipinski definition) is 1. The lowest BCUT2D eigenvalue weighted by Gasteiger charge is -2.22. The molecule has 7 nitrogen and oxygen atoms in total. The molecular weight excluding hydrogens is 290 g/mol. The fourth-order valence-electron chi connectivity index (χ4n) is 2.63. The molecular formula is C13H23N5O2S.